The highest BCUT2D eigenvalue weighted by molar-refractivity contribution is 8.13. The topological polar surface area (TPSA) is 52.0 Å². The van der Waals surface area contributed by atoms with Gasteiger partial charge >= 0.3 is 0 Å². The summed E-state index contributed by atoms with van der Waals surface area (Å²) in [7, 11) is 1.72. The molecular formula is C9H15ClN2O2S. The van der Waals surface area contributed by atoms with E-state index in [9.17, 15) is 8.42 Å². The molecule has 0 fully saturated rings. The van der Waals surface area contributed by atoms with Crippen molar-refractivity contribution < 1.29 is 8.42 Å². The fourth-order valence-corrected chi connectivity index (χ4v) is 2.67. The van der Waals surface area contributed by atoms with Crippen LogP contribution in [0.4, 0.5) is 0 Å². The van der Waals surface area contributed by atoms with Crippen molar-refractivity contribution in [3.05, 3.63) is 17.0 Å². The molecule has 6 heteroatoms. The minimum atomic E-state index is -3.52. The minimum absolute atomic E-state index is 0.154. The van der Waals surface area contributed by atoms with E-state index < -0.39 is 9.05 Å². The van der Waals surface area contributed by atoms with Crippen LogP contribution in [0.3, 0.4) is 0 Å². The highest BCUT2D eigenvalue weighted by atomic mass is 35.7. The summed E-state index contributed by atoms with van der Waals surface area (Å²) in [6.45, 7) is 7.65. The predicted molar refractivity (Wildman–Crippen MR) is 60.6 cm³/mol. The lowest BCUT2D eigenvalue weighted by molar-refractivity contribution is 0.516. The Bertz CT molecular complexity index is 463. The van der Waals surface area contributed by atoms with Crippen LogP contribution in [0.25, 0.3) is 0 Å². The van der Waals surface area contributed by atoms with Crippen molar-refractivity contribution in [1.82, 2.24) is 9.78 Å². The van der Waals surface area contributed by atoms with Crippen LogP contribution in [0.1, 0.15) is 36.8 Å². The van der Waals surface area contributed by atoms with Crippen molar-refractivity contribution in [3.8, 4) is 0 Å². The third-order valence-corrected chi connectivity index (χ3v) is 3.24. The summed E-state index contributed by atoms with van der Waals surface area (Å²) >= 11 is 0. The van der Waals surface area contributed by atoms with Crippen molar-refractivity contribution in [2.24, 2.45) is 0 Å². The van der Waals surface area contributed by atoms with Gasteiger partial charge in [-0.25, -0.2) is 8.42 Å². The molecule has 4 nitrogen and oxygen atoms in total. The fraction of sp³-hybridized carbons (Fsp3) is 0.667. The quantitative estimate of drug-likeness (QED) is 0.773. The van der Waals surface area contributed by atoms with Crippen LogP contribution in [0.5, 0.6) is 0 Å². The van der Waals surface area contributed by atoms with Crippen LogP contribution in [0, 0.1) is 13.8 Å². The third kappa shape index (κ3) is 2.95. The van der Waals surface area contributed by atoms with E-state index in [0.29, 0.717) is 5.56 Å². The third-order valence-electron chi connectivity index (χ3n) is 2.28. The van der Waals surface area contributed by atoms with Crippen LogP contribution < -0.4 is 0 Å². The maximum Gasteiger partial charge on any atom is 0.236 e. The van der Waals surface area contributed by atoms with Crippen molar-refractivity contribution >= 4 is 19.7 Å². The monoisotopic (exact) mass is 250 g/mol. The summed E-state index contributed by atoms with van der Waals surface area (Å²) in [4.78, 5) is 0. The Kier molecular flexibility index (Phi) is 3.45. The second-order valence-corrected chi connectivity index (χ2v) is 6.65. The molecule has 86 valence electrons. The number of halogens is 1. The molecule has 0 aliphatic carbocycles. The lowest BCUT2D eigenvalue weighted by Gasteiger charge is -2.08. The van der Waals surface area contributed by atoms with Gasteiger partial charge in [0, 0.05) is 28.0 Å². The molecule has 0 unspecified atom stereocenters. The molecule has 1 heterocycles. The summed E-state index contributed by atoms with van der Waals surface area (Å²) in [5.41, 5.74) is 2.30. The molecule has 0 bridgehead atoms. The summed E-state index contributed by atoms with van der Waals surface area (Å²) < 4.78 is 23.8. The molecule has 1 rings (SSSR count). The molecule has 0 aliphatic rings. The standard InChI is InChI=1S/C9H15ClN2O2S/c1-6(2)12-8(4)9(7(3)11-12)5-15(10,13)14/h6H,5H2,1-4H3. The van der Waals surface area contributed by atoms with Crippen molar-refractivity contribution in [1.29, 1.82) is 0 Å². The van der Waals surface area contributed by atoms with Gasteiger partial charge in [0.25, 0.3) is 0 Å². The van der Waals surface area contributed by atoms with Gasteiger partial charge in [-0.3, -0.25) is 4.68 Å². The van der Waals surface area contributed by atoms with E-state index in [1.54, 1.807) is 6.92 Å². The number of hydrogen-bond donors (Lipinski definition) is 0. The predicted octanol–water partition coefficient (Wildman–Crippen LogP) is 2.15. The zero-order chi connectivity index (χ0) is 11.8. The summed E-state index contributed by atoms with van der Waals surface area (Å²) in [6, 6.07) is 0.218. The van der Waals surface area contributed by atoms with Crippen molar-refractivity contribution in [2.75, 3.05) is 0 Å². The fourth-order valence-electron chi connectivity index (χ4n) is 1.58. The first-order valence-corrected chi connectivity index (χ1v) is 7.17. The van der Waals surface area contributed by atoms with Gasteiger partial charge in [0.05, 0.1) is 11.4 Å². The minimum Gasteiger partial charge on any atom is -0.267 e. The van der Waals surface area contributed by atoms with Crippen molar-refractivity contribution in [2.45, 2.75) is 39.5 Å². The largest absolute Gasteiger partial charge is 0.267 e. The van der Waals surface area contributed by atoms with Crippen molar-refractivity contribution in [3.63, 3.8) is 0 Å². The number of aromatic nitrogens is 2. The molecule has 0 radical (unpaired) electrons. The molecule has 0 atom stereocenters. The second kappa shape index (κ2) is 4.14. The molecule has 1 aromatic rings. The molecule has 0 N–H and O–H groups in total. The first-order valence-electron chi connectivity index (χ1n) is 4.69. The van der Waals surface area contributed by atoms with Crippen LogP contribution in [0.2, 0.25) is 0 Å². The molecular weight excluding hydrogens is 236 g/mol. The van der Waals surface area contributed by atoms with Gasteiger partial charge in [0.2, 0.25) is 9.05 Å². The number of nitrogens with zero attached hydrogens (tertiary/aromatic N) is 2. The molecule has 0 amide bonds. The van der Waals surface area contributed by atoms with Crippen LogP contribution in [-0.2, 0) is 14.8 Å². The Morgan fingerprint density at radius 2 is 1.93 bits per heavy atom. The van der Waals surface area contributed by atoms with E-state index >= 15 is 0 Å². The lowest BCUT2D eigenvalue weighted by Crippen LogP contribution is -2.05. The Labute approximate surface area is 94.7 Å². The Balaban J connectivity index is 3.20. The van der Waals surface area contributed by atoms with E-state index in [2.05, 4.69) is 5.10 Å². The van der Waals surface area contributed by atoms with Crippen LogP contribution in [-0.4, -0.2) is 18.2 Å². The number of hydrogen-bond acceptors (Lipinski definition) is 3. The maximum absolute atomic E-state index is 11.0. The molecule has 1 aromatic heterocycles. The summed E-state index contributed by atoms with van der Waals surface area (Å²) in [6.07, 6.45) is 0. The average molecular weight is 251 g/mol. The molecule has 0 aromatic carbocycles. The van der Waals surface area contributed by atoms with E-state index in [-0.39, 0.29) is 11.8 Å². The molecule has 15 heavy (non-hydrogen) atoms. The smallest absolute Gasteiger partial charge is 0.236 e. The van der Waals surface area contributed by atoms with E-state index in [4.69, 9.17) is 10.7 Å². The van der Waals surface area contributed by atoms with Gasteiger partial charge in [-0.1, -0.05) is 0 Å². The maximum atomic E-state index is 11.0. The second-order valence-electron chi connectivity index (χ2n) is 3.87. The van der Waals surface area contributed by atoms with Gasteiger partial charge in [-0.2, -0.15) is 5.10 Å². The first kappa shape index (κ1) is 12.5. The van der Waals surface area contributed by atoms with Crippen LogP contribution >= 0.6 is 10.7 Å². The van der Waals surface area contributed by atoms with Gasteiger partial charge < -0.3 is 0 Å². The zero-order valence-corrected chi connectivity index (χ0v) is 10.9. The average Bonchev–Trinajstić information content (AvgIpc) is 2.29. The van der Waals surface area contributed by atoms with Gasteiger partial charge in [0.15, 0.2) is 0 Å². The normalized spacial score (nSPS) is 12.4. The highest BCUT2D eigenvalue weighted by Crippen LogP contribution is 2.20. The zero-order valence-electron chi connectivity index (χ0n) is 9.28. The molecule has 0 saturated carbocycles. The Morgan fingerprint density at radius 3 is 2.27 bits per heavy atom. The summed E-state index contributed by atoms with van der Waals surface area (Å²) in [5, 5.41) is 4.29. The Hall–Kier alpha value is -0.550. The summed E-state index contributed by atoms with van der Waals surface area (Å²) in [5.74, 6) is -0.154. The first-order chi connectivity index (χ1) is 6.72. The molecule has 0 spiro atoms. The lowest BCUT2D eigenvalue weighted by atomic mass is 10.2. The van der Waals surface area contributed by atoms with Gasteiger partial charge in [-0.05, 0) is 27.7 Å². The number of aryl methyl sites for hydroxylation is 1. The van der Waals surface area contributed by atoms with E-state index in [1.165, 1.54) is 0 Å². The highest BCUT2D eigenvalue weighted by Gasteiger charge is 2.18. The van der Waals surface area contributed by atoms with Gasteiger partial charge in [0.1, 0.15) is 0 Å². The number of rotatable bonds is 3. The molecule has 0 saturated heterocycles. The van der Waals surface area contributed by atoms with E-state index in [0.717, 1.165) is 11.4 Å². The van der Waals surface area contributed by atoms with Crippen LogP contribution in [0.15, 0.2) is 0 Å². The molecule has 0 aliphatic heterocycles. The van der Waals surface area contributed by atoms with E-state index in [1.807, 2.05) is 25.5 Å². The van der Waals surface area contributed by atoms with Gasteiger partial charge in [-0.15, -0.1) is 0 Å². The SMILES string of the molecule is Cc1nn(C(C)C)c(C)c1CS(=O)(=O)Cl. The Morgan fingerprint density at radius 1 is 1.40 bits per heavy atom.